The molecule has 2 heterocycles. The number of rotatable bonds is 4. The predicted octanol–water partition coefficient (Wildman–Crippen LogP) is 1.65. The number of nitrogens with one attached hydrogen (secondary N) is 2. The van der Waals surface area contributed by atoms with Gasteiger partial charge in [-0.1, -0.05) is 23.8 Å². The number of nitrogens with zero attached hydrogens (tertiary/aromatic N) is 1. The lowest BCUT2D eigenvalue weighted by molar-refractivity contribution is -0.126. The van der Waals surface area contributed by atoms with Crippen LogP contribution in [0.5, 0.6) is 0 Å². The molecule has 3 amide bonds. The normalized spacial score (nSPS) is 28.6. The minimum absolute atomic E-state index is 0.0408. The van der Waals surface area contributed by atoms with Gasteiger partial charge in [0.15, 0.2) is 0 Å². The summed E-state index contributed by atoms with van der Waals surface area (Å²) in [6, 6.07) is 5.67. The molecule has 2 aliphatic rings. The number of hydrogen-bond acceptors (Lipinski definition) is 4. The fraction of sp³-hybridized carbons (Fsp3) is 0.579. The third kappa shape index (κ3) is 3.55. The molecule has 3 rings (SSSR count). The summed E-state index contributed by atoms with van der Waals surface area (Å²) in [5.41, 5.74) is 2.37. The maximum Gasteiger partial charge on any atom is 0.322 e. The Bertz CT molecular complexity index is 690. The largest absolute Gasteiger partial charge is 0.387 e. The second-order valence-corrected chi connectivity index (χ2v) is 7.59. The van der Waals surface area contributed by atoms with E-state index in [9.17, 15) is 14.7 Å². The highest BCUT2D eigenvalue weighted by Gasteiger charge is 2.48. The molecule has 25 heavy (non-hydrogen) atoms. The first-order chi connectivity index (χ1) is 11.8. The molecule has 2 fully saturated rings. The molecule has 0 aromatic heterocycles. The van der Waals surface area contributed by atoms with Crippen LogP contribution in [0.1, 0.15) is 42.6 Å². The molecular formula is C19H27N3O3. The van der Waals surface area contributed by atoms with Crippen molar-refractivity contribution < 1.29 is 14.7 Å². The third-order valence-corrected chi connectivity index (χ3v) is 5.61. The molecule has 3 unspecified atom stereocenters. The van der Waals surface area contributed by atoms with Crippen molar-refractivity contribution in [2.45, 2.75) is 45.3 Å². The van der Waals surface area contributed by atoms with Crippen LogP contribution in [-0.2, 0) is 4.79 Å². The Kier molecular flexibility index (Phi) is 4.84. The zero-order valence-corrected chi connectivity index (χ0v) is 15.1. The monoisotopic (exact) mass is 345 g/mol. The number of piperidine rings is 1. The lowest BCUT2D eigenvalue weighted by Crippen LogP contribution is -2.56. The van der Waals surface area contributed by atoms with Crippen LogP contribution in [0, 0.1) is 19.8 Å². The Labute approximate surface area is 148 Å². The van der Waals surface area contributed by atoms with Crippen molar-refractivity contribution in [1.82, 2.24) is 15.5 Å². The van der Waals surface area contributed by atoms with E-state index in [0.717, 1.165) is 30.5 Å². The third-order valence-electron chi connectivity index (χ3n) is 5.61. The van der Waals surface area contributed by atoms with Crippen molar-refractivity contribution in [2.24, 2.45) is 5.92 Å². The zero-order chi connectivity index (χ0) is 18.2. The number of benzene rings is 1. The number of carbonyl (C=O) groups is 2. The number of aryl methyl sites for hydroxylation is 2. The van der Waals surface area contributed by atoms with Gasteiger partial charge in [-0.15, -0.1) is 0 Å². The summed E-state index contributed by atoms with van der Waals surface area (Å²) in [6.07, 6.45) is 1.28. The van der Waals surface area contributed by atoms with Gasteiger partial charge in [0.2, 0.25) is 0 Å². The van der Waals surface area contributed by atoms with Gasteiger partial charge in [-0.3, -0.25) is 10.1 Å². The quantitative estimate of drug-likeness (QED) is 0.725. The van der Waals surface area contributed by atoms with Crippen LogP contribution in [0.2, 0.25) is 0 Å². The van der Waals surface area contributed by atoms with Crippen LogP contribution in [0.25, 0.3) is 0 Å². The minimum Gasteiger partial charge on any atom is -0.387 e. The van der Waals surface area contributed by atoms with Gasteiger partial charge in [0.05, 0.1) is 6.10 Å². The summed E-state index contributed by atoms with van der Waals surface area (Å²) in [5, 5.41) is 15.8. The van der Waals surface area contributed by atoms with E-state index in [0.29, 0.717) is 13.1 Å². The first kappa shape index (κ1) is 17.9. The van der Waals surface area contributed by atoms with Gasteiger partial charge in [0, 0.05) is 19.0 Å². The van der Waals surface area contributed by atoms with E-state index in [1.165, 1.54) is 5.56 Å². The van der Waals surface area contributed by atoms with E-state index in [1.807, 2.05) is 26.0 Å². The highest BCUT2D eigenvalue weighted by molar-refractivity contribution is 6.06. The number of likely N-dealkylation sites (tertiary alicyclic amines) is 1. The van der Waals surface area contributed by atoms with Crippen molar-refractivity contribution in [3.8, 4) is 0 Å². The van der Waals surface area contributed by atoms with E-state index in [4.69, 9.17) is 0 Å². The van der Waals surface area contributed by atoms with Crippen LogP contribution in [-0.4, -0.2) is 47.1 Å². The van der Waals surface area contributed by atoms with Crippen LogP contribution in [0.15, 0.2) is 18.2 Å². The van der Waals surface area contributed by atoms with Gasteiger partial charge in [-0.2, -0.15) is 0 Å². The van der Waals surface area contributed by atoms with Gasteiger partial charge >= 0.3 is 6.03 Å². The van der Waals surface area contributed by atoms with Crippen molar-refractivity contribution in [3.63, 3.8) is 0 Å². The van der Waals surface area contributed by atoms with E-state index in [-0.39, 0.29) is 11.8 Å². The Hall–Kier alpha value is -1.92. The van der Waals surface area contributed by atoms with Crippen molar-refractivity contribution in [1.29, 1.82) is 0 Å². The smallest absolute Gasteiger partial charge is 0.322 e. The molecule has 136 valence electrons. The molecule has 6 heteroatoms. The molecule has 3 atom stereocenters. The number of urea groups is 1. The van der Waals surface area contributed by atoms with Crippen LogP contribution in [0.3, 0.4) is 0 Å². The van der Waals surface area contributed by atoms with E-state index in [1.54, 1.807) is 6.92 Å². The number of hydrogen-bond donors (Lipinski definition) is 3. The maximum absolute atomic E-state index is 12.2. The van der Waals surface area contributed by atoms with E-state index < -0.39 is 17.7 Å². The predicted molar refractivity (Wildman–Crippen MR) is 95.1 cm³/mol. The second kappa shape index (κ2) is 6.77. The van der Waals surface area contributed by atoms with Gasteiger partial charge < -0.3 is 15.3 Å². The lowest BCUT2D eigenvalue weighted by Gasteiger charge is -2.40. The first-order valence-electron chi connectivity index (χ1n) is 8.91. The highest BCUT2D eigenvalue weighted by atomic mass is 16.3. The number of aliphatic hydroxyl groups excluding tert-OH is 1. The Morgan fingerprint density at radius 2 is 2.12 bits per heavy atom. The molecule has 0 bridgehead atoms. The average molecular weight is 345 g/mol. The molecule has 2 aliphatic heterocycles. The Morgan fingerprint density at radius 3 is 2.76 bits per heavy atom. The van der Waals surface area contributed by atoms with E-state index in [2.05, 4.69) is 21.6 Å². The fourth-order valence-corrected chi connectivity index (χ4v) is 4.08. The second-order valence-electron chi connectivity index (χ2n) is 7.59. The summed E-state index contributed by atoms with van der Waals surface area (Å²) < 4.78 is 0. The van der Waals surface area contributed by atoms with Gasteiger partial charge in [-0.25, -0.2) is 4.79 Å². The molecule has 0 aliphatic carbocycles. The first-order valence-corrected chi connectivity index (χ1v) is 8.91. The number of carbonyl (C=O) groups excluding carboxylic acids is 2. The molecule has 0 saturated carbocycles. The van der Waals surface area contributed by atoms with Crippen molar-refractivity contribution in [2.75, 3.05) is 19.6 Å². The summed E-state index contributed by atoms with van der Waals surface area (Å²) in [5.74, 6) is -0.210. The molecule has 0 radical (unpaired) electrons. The molecule has 3 N–H and O–H groups in total. The van der Waals surface area contributed by atoms with Crippen molar-refractivity contribution >= 4 is 11.9 Å². The van der Waals surface area contributed by atoms with E-state index >= 15 is 0 Å². The molecular weight excluding hydrogens is 318 g/mol. The number of amides is 3. The number of aliphatic hydroxyl groups is 1. The zero-order valence-electron chi connectivity index (χ0n) is 15.1. The Morgan fingerprint density at radius 1 is 1.36 bits per heavy atom. The molecule has 1 aromatic carbocycles. The summed E-state index contributed by atoms with van der Waals surface area (Å²) in [7, 11) is 0. The summed E-state index contributed by atoms with van der Waals surface area (Å²) >= 11 is 0. The topological polar surface area (TPSA) is 81.7 Å². The molecule has 6 nitrogen and oxygen atoms in total. The molecule has 2 saturated heterocycles. The van der Waals surface area contributed by atoms with Gasteiger partial charge in [0.25, 0.3) is 5.91 Å². The molecule has 1 aromatic rings. The van der Waals surface area contributed by atoms with Gasteiger partial charge in [-0.05, 0) is 51.3 Å². The van der Waals surface area contributed by atoms with Crippen LogP contribution in [0.4, 0.5) is 4.79 Å². The minimum atomic E-state index is -0.861. The standard InChI is InChI=1S/C19H27N3O3/c1-12-6-7-15(13(2)9-12)16(23)11-22-8-4-5-14(10-22)19(3)17(24)20-18(25)21-19/h6-7,9,14,16,23H,4-5,8,10-11H2,1-3H3,(H2,20,21,24,25). The average Bonchev–Trinajstić information content (AvgIpc) is 2.81. The fourth-order valence-electron chi connectivity index (χ4n) is 4.08. The number of β-amino-alcohol motifs (C(OH)–C–C–N with tert-alkyl or cyclic N) is 1. The van der Waals surface area contributed by atoms with Crippen LogP contribution < -0.4 is 10.6 Å². The Balaban J connectivity index is 1.67. The molecule has 0 spiro atoms. The highest BCUT2D eigenvalue weighted by Crippen LogP contribution is 2.31. The number of imide groups is 1. The van der Waals surface area contributed by atoms with Gasteiger partial charge in [0.1, 0.15) is 5.54 Å². The lowest BCUT2D eigenvalue weighted by atomic mass is 9.80. The summed E-state index contributed by atoms with van der Waals surface area (Å²) in [6.45, 7) is 7.97. The van der Waals surface area contributed by atoms with Crippen molar-refractivity contribution in [3.05, 3.63) is 34.9 Å². The maximum atomic E-state index is 12.2. The summed E-state index contributed by atoms with van der Waals surface area (Å²) in [4.78, 5) is 25.9. The van der Waals surface area contributed by atoms with Crippen LogP contribution >= 0.6 is 0 Å². The SMILES string of the molecule is Cc1ccc(C(O)CN2CCCC(C3(C)NC(=O)NC3=O)C2)c(C)c1.